The Hall–Kier alpha value is -2.93. The first kappa shape index (κ1) is 17.9. The third-order valence-corrected chi connectivity index (χ3v) is 4.42. The fourth-order valence-corrected chi connectivity index (χ4v) is 3.15. The van der Waals surface area contributed by atoms with Crippen molar-refractivity contribution in [2.45, 2.75) is 6.92 Å². The normalized spacial score (nSPS) is 10.6. The quantitative estimate of drug-likeness (QED) is 0.665. The number of hydrogen-bond donors (Lipinski definition) is 2. The first-order valence-corrected chi connectivity index (χ1v) is 8.49. The van der Waals surface area contributed by atoms with Crippen molar-refractivity contribution < 1.29 is 19.4 Å². The van der Waals surface area contributed by atoms with Gasteiger partial charge in [0.2, 0.25) is 0 Å². The summed E-state index contributed by atoms with van der Waals surface area (Å²) in [6.45, 7) is 1.62. The number of fused-ring (bicyclic) bond motifs is 1. The van der Waals surface area contributed by atoms with Crippen molar-refractivity contribution in [3.05, 3.63) is 63.8 Å². The molecule has 0 aliphatic rings. The zero-order chi connectivity index (χ0) is 18.8. The van der Waals surface area contributed by atoms with Gasteiger partial charge >= 0.3 is 5.97 Å². The molecule has 26 heavy (non-hydrogen) atoms. The SMILES string of the molecule is COc1ccccc1NC(=O)c1c(C)nc2ccc(Br)cc2c1C(=O)O. The summed E-state index contributed by atoms with van der Waals surface area (Å²) in [5.41, 5.74) is 1.24. The number of methoxy groups -OCH3 is 1. The molecule has 1 amide bonds. The molecule has 0 unspecified atom stereocenters. The Morgan fingerprint density at radius 3 is 2.58 bits per heavy atom. The van der Waals surface area contributed by atoms with Crippen LogP contribution in [0.1, 0.15) is 26.4 Å². The molecule has 3 aromatic rings. The van der Waals surface area contributed by atoms with E-state index in [1.54, 1.807) is 49.4 Å². The Morgan fingerprint density at radius 1 is 1.15 bits per heavy atom. The standard InChI is InChI=1S/C19H15BrN2O4/c1-10-16(18(23)22-14-5-3-4-6-15(14)26-2)17(19(24)25)12-9-11(20)7-8-13(12)21-10/h3-9H,1-2H3,(H,22,23)(H,24,25). The van der Waals surface area contributed by atoms with Crippen molar-refractivity contribution in [1.82, 2.24) is 4.98 Å². The minimum Gasteiger partial charge on any atom is -0.495 e. The maximum atomic E-state index is 12.9. The van der Waals surface area contributed by atoms with Crippen molar-refractivity contribution in [3.8, 4) is 5.75 Å². The van der Waals surface area contributed by atoms with E-state index in [4.69, 9.17) is 4.74 Å². The Balaban J connectivity index is 2.17. The molecule has 2 aromatic carbocycles. The van der Waals surface area contributed by atoms with E-state index in [9.17, 15) is 14.7 Å². The topological polar surface area (TPSA) is 88.5 Å². The Bertz CT molecular complexity index is 1030. The lowest BCUT2D eigenvalue weighted by atomic mass is 10.00. The van der Waals surface area contributed by atoms with Gasteiger partial charge in [-0.15, -0.1) is 0 Å². The highest BCUT2D eigenvalue weighted by Crippen LogP contribution is 2.29. The highest BCUT2D eigenvalue weighted by molar-refractivity contribution is 9.10. The summed E-state index contributed by atoms with van der Waals surface area (Å²) in [6.07, 6.45) is 0. The number of carboxylic acid groups (broad SMARTS) is 1. The number of amides is 1. The van der Waals surface area contributed by atoms with Gasteiger partial charge in [0.25, 0.3) is 5.91 Å². The smallest absolute Gasteiger partial charge is 0.337 e. The molecule has 0 saturated heterocycles. The molecule has 0 aliphatic carbocycles. The Labute approximate surface area is 157 Å². The fourth-order valence-electron chi connectivity index (χ4n) is 2.79. The number of rotatable bonds is 4. The van der Waals surface area contributed by atoms with Crippen LogP contribution in [0.15, 0.2) is 46.9 Å². The average Bonchev–Trinajstić information content (AvgIpc) is 2.61. The summed E-state index contributed by atoms with van der Waals surface area (Å²) in [5.74, 6) is -1.27. The number of para-hydroxylation sites is 2. The highest BCUT2D eigenvalue weighted by Gasteiger charge is 2.24. The first-order chi connectivity index (χ1) is 12.4. The van der Waals surface area contributed by atoms with Crippen LogP contribution < -0.4 is 10.1 Å². The van der Waals surface area contributed by atoms with Gasteiger partial charge in [0.15, 0.2) is 0 Å². The number of halogens is 1. The molecular formula is C19H15BrN2O4. The van der Waals surface area contributed by atoms with Gasteiger partial charge in [-0.3, -0.25) is 9.78 Å². The molecule has 0 spiro atoms. The maximum absolute atomic E-state index is 12.9. The van der Waals surface area contributed by atoms with E-state index in [0.717, 1.165) is 0 Å². The molecule has 0 bridgehead atoms. The van der Waals surface area contributed by atoms with Gasteiger partial charge in [-0.1, -0.05) is 28.1 Å². The lowest BCUT2D eigenvalue weighted by Gasteiger charge is -2.14. The first-order valence-electron chi connectivity index (χ1n) is 7.70. The number of carbonyl (C=O) groups excluding carboxylic acids is 1. The number of aryl methyl sites for hydroxylation is 1. The second-order valence-electron chi connectivity index (χ2n) is 5.57. The van der Waals surface area contributed by atoms with Gasteiger partial charge < -0.3 is 15.2 Å². The summed E-state index contributed by atoms with van der Waals surface area (Å²) in [4.78, 5) is 29.2. The Morgan fingerprint density at radius 2 is 1.88 bits per heavy atom. The van der Waals surface area contributed by atoms with Gasteiger partial charge in [0.05, 0.1) is 35.1 Å². The predicted molar refractivity (Wildman–Crippen MR) is 102 cm³/mol. The number of pyridine rings is 1. The van der Waals surface area contributed by atoms with Crippen LogP contribution in [0.5, 0.6) is 5.75 Å². The number of aromatic nitrogens is 1. The average molecular weight is 415 g/mol. The van der Waals surface area contributed by atoms with E-state index in [0.29, 0.717) is 32.5 Å². The molecule has 0 saturated carbocycles. The summed E-state index contributed by atoms with van der Waals surface area (Å²) < 4.78 is 5.93. The van der Waals surface area contributed by atoms with Crippen molar-refractivity contribution >= 4 is 44.4 Å². The fraction of sp³-hybridized carbons (Fsp3) is 0.105. The van der Waals surface area contributed by atoms with Crippen LogP contribution in [-0.4, -0.2) is 29.1 Å². The minimum absolute atomic E-state index is 0.0222. The van der Waals surface area contributed by atoms with Crippen LogP contribution in [0.25, 0.3) is 10.9 Å². The van der Waals surface area contributed by atoms with Crippen LogP contribution in [0.2, 0.25) is 0 Å². The molecule has 0 radical (unpaired) electrons. The number of aromatic carboxylic acids is 1. The molecule has 132 valence electrons. The number of nitrogens with zero attached hydrogens (tertiary/aromatic N) is 1. The summed E-state index contributed by atoms with van der Waals surface area (Å²) in [5, 5.41) is 12.9. The molecule has 3 rings (SSSR count). The van der Waals surface area contributed by atoms with Gasteiger partial charge in [-0.25, -0.2) is 4.79 Å². The number of nitrogens with one attached hydrogen (secondary N) is 1. The van der Waals surface area contributed by atoms with Gasteiger partial charge in [0.1, 0.15) is 5.75 Å². The van der Waals surface area contributed by atoms with E-state index >= 15 is 0 Å². The van der Waals surface area contributed by atoms with Crippen molar-refractivity contribution in [2.24, 2.45) is 0 Å². The van der Waals surface area contributed by atoms with Crippen molar-refractivity contribution in [2.75, 3.05) is 12.4 Å². The van der Waals surface area contributed by atoms with Crippen LogP contribution in [0, 0.1) is 6.92 Å². The van der Waals surface area contributed by atoms with Gasteiger partial charge in [-0.05, 0) is 37.3 Å². The lowest BCUT2D eigenvalue weighted by molar-refractivity contribution is 0.0694. The van der Waals surface area contributed by atoms with E-state index < -0.39 is 11.9 Å². The molecule has 2 N–H and O–H groups in total. The molecule has 1 heterocycles. The lowest BCUT2D eigenvalue weighted by Crippen LogP contribution is -2.19. The predicted octanol–water partition coefficient (Wildman–Crippen LogP) is 4.26. The molecule has 0 atom stereocenters. The zero-order valence-electron chi connectivity index (χ0n) is 14.0. The summed E-state index contributed by atoms with van der Waals surface area (Å²) >= 11 is 3.33. The largest absolute Gasteiger partial charge is 0.495 e. The van der Waals surface area contributed by atoms with Crippen LogP contribution >= 0.6 is 15.9 Å². The highest BCUT2D eigenvalue weighted by atomic mass is 79.9. The molecule has 6 nitrogen and oxygen atoms in total. The number of hydrogen-bond acceptors (Lipinski definition) is 4. The molecule has 0 aliphatic heterocycles. The summed E-state index contributed by atoms with van der Waals surface area (Å²) in [6, 6.07) is 12.0. The molecular weight excluding hydrogens is 400 g/mol. The van der Waals surface area contributed by atoms with Gasteiger partial charge in [-0.2, -0.15) is 0 Å². The third-order valence-electron chi connectivity index (χ3n) is 3.92. The molecule has 1 aromatic heterocycles. The molecule has 0 fully saturated rings. The Kier molecular flexibility index (Phi) is 4.90. The van der Waals surface area contributed by atoms with E-state index in [-0.39, 0.29) is 11.1 Å². The zero-order valence-corrected chi connectivity index (χ0v) is 15.6. The van der Waals surface area contributed by atoms with Crippen LogP contribution in [-0.2, 0) is 0 Å². The van der Waals surface area contributed by atoms with E-state index in [1.807, 2.05) is 0 Å². The second-order valence-corrected chi connectivity index (χ2v) is 6.48. The number of anilines is 1. The number of ether oxygens (including phenoxy) is 1. The second kappa shape index (κ2) is 7.13. The number of carboxylic acids is 1. The summed E-state index contributed by atoms with van der Waals surface area (Å²) in [7, 11) is 1.49. The number of benzene rings is 2. The molecule has 7 heteroatoms. The van der Waals surface area contributed by atoms with Crippen LogP contribution in [0.3, 0.4) is 0 Å². The minimum atomic E-state index is -1.19. The number of carbonyl (C=O) groups is 2. The van der Waals surface area contributed by atoms with E-state index in [1.165, 1.54) is 7.11 Å². The van der Waals surface area contributed by atoms with Crippen molar-refractivity contribution in [1.29, 1.82) is 0 Å². The monoisotopic (exact) mass is 414 g/mol. The van der Waals surface area contributed by atoms with Crippen LogP contribution in [0.4, 0.5) is 5.69 Å². The maximum Gasteiger partial charge on any atom is 0.337 e. The van der Waals surface area contributed by atoms with E-state index in [2.05, 4.69) is 26.2 Å². The third kappa shape index (κ3) is 3.25. The van der Waals surface area contributed by atoms with Gasteiger partial charge in [0, 0.05) is 9.86 Å². The van der Waals surface area contributed by atoms with Crippen molar-refractivity contribution in [3.63, 3.8) is 0 Å².